The minimum atomic E-state index is -1.29. The number of benzene rings is 1. The summed E-state index contributed by atoms with van der Waals surface area (Å²) < 4.78 is 20.0. The van der Waals surface area contributed by atoms with E-state index in [0.29, 0.717) is 6.54 Å². The minimum Gasteiger partial charge on any atom is -0.480 e. The van der Waals surface area contributed by atoms with Crippen molar-refractivity contribution in [2.45, 2.75) is 18.7 Å². The van der Waals surface area contributed by atoms with E-state index < -0.39 is 17.0 Å². The fraction of sp³-hybridized carbons (Fsp3) is 0.462. The van der Waals surface area contributed by atoms with Crippen LogP contribution in [0.2, 0.25) is 0 Å². The zero-order valence-corrected chi connectivity index (χ0v) is 14.1. The third-order valence-electron chi connectivity index (χ3n) is 2.66. The minimum absolute atomic E-state index is 0.225. The first-order chi connectivity index (χ1) is 9.32. The molecule has 112 valence electrons. The lowest BCUT2D eigenvalue weighted by molar-refractivity contribution is -0.142. The normalized spacial score (nSPS) is 12.7. The first kappa shape index (κ1) is 17.3. The third kappa shape index (κ3) is 4.97. The number of aryl methyl sites for hydroxylation is 2. The van der Waals surface area contributed by atoms with E-state index in [2.05, 4.69) is 15.9 Å². The summed E-state index contributed by atoms with van der Waals surface area (Å²) in [6.45, 7) is 4.12. The number of ether oxygens (including phenoxy) is 1. The average Bonchev–Trinajstić information content (AvgIpc) is 2.32. The van der Waals surface area contributed by atoms with Gasteiger partial charge in [0.05, 0.1) is 11.5 Å². The molecule has 1 atom stereocenters. The maximum absolute atomic E-state index is 12.5. The van der Waals surface area contributed by atoms with Crippen molar-refractivity contribution < 1.29 is 18.8 Å². The summed E-state index contributed by atoms with van der Waals surface area (Å²) in [5.41, 5.74) is 1.90. The monoisotopic (exact) mass is 363 g/mol. The number of likely N-dealkylation sites (N-methyl/N-ethyl adjacent to an activating group) is 1. The van der Waals surface area contributed by atoms with Crippen LogP contribution in [-0.4, -0.2) is 46.4 Å². The van der Waals surface area contributed by atoms with E-state index in [1.54, 1.807) is 11.4 Å². The lowest BCUT2D eigenvalue weighted by Crippen LogP contribution is -2.27. The first-order valence-electron chi connectivity index (χ1n) is 6.02. The molecule has 1 aromatic rings. The Hall–Kier alpha value is -0.760. The maximum atomic E-state index is 12.5. The predicted molar refractivity (Wildman–Crippen MR) is 81.1 cm³/mol. The molecule has 1 aromatic carbocycles. The van der Waals surface area contributed by atoms with Crippen molar-refractivity contribution in [3.63, 3.8) is 0 Å². The van der Waals surface area contributed by atoms with E-state index in [1.807, 2.05) is 26.0 Å². The van der Waals surface area contributed by atoms with E-state index in [9.17, 15) is 9.00 Å². The van der Waals surface area contributed by atoms with E-state index in [1.165, 1.54) is 0 Å². The first-order valence-corrected chi connectivity index (χ1v) is 7.92. The molecule has 0 amide bonds. The molecule has 0 aliphatic heterocycles. The van der Waals surface area contributed by atoms with Gasteiger partial charge in [0.15, 0.2) is 0 Å². The van der Waals surface area contributed by atoms with Crippen molar-refractivity contribution in [3.8, 4) is 0 Å². The molecule has 7 heteroatoms. The molecular formula is C13H18BrNO4S. The largest absolute Gasteiger partial charge is 0.480 e. The SMILES string of the molecule is Cc1cc(Br)cc(C)c1S(=O)N(C)CCOCC(=O)O. The molecule has 20 heavy (non-hydrogen) atoms. The van der Waals surface area contributed by atoms with Gasteiger partial charge in [0, 0.05) is 18.1 Å². The van der Waals surface area contributed by atoms with Crippen LogP contribution in [0.5, 0.6) is 0 Å². The topological polar surface area (TPSA) is 66.8 Å². The molecule has 0 heterocycles. The molecule has 0 aliphatic rings. The highest BCUT2D eigenvalue weighted by molar-refractivity contribution is 9.10. The number of halogens is 1. The van der Waals surface area contributed by atoms with Gasteiger partial charge in [-0.2, -0.15) is 0 Å². The summed E-state index contributed by atoms with van der Waals surface area (Å²) in [5.74, 6) is -1.01. The Morgan fingerprint density at radius 3 is 2.45 bits per heavy atom. The highest BCUT2D eigenvalue weighted by Crippen LogP contribution is 2.24. The van der Waals surface area contributed by atoms with E-state index in [-0.39, 0.29) is 13.2 Å². The molecule has 0 saturated carbocycles. The quantitative estimate of drug-likeness (QED) is 0.753. The number of hydrogen-bond donors (Lipinski definition) is 1. The molecular weight excluding hydrogens is 346 g/mol. The fourth-order valence-electron chi connectivity index (χ4n) is 1.76. The Labute approximate surface area is 129 Å². The van der Waals surface area contributed by atoms with Crippen molar-refractivity contribution in [2.75, 3.05) is 26.8 Å². The lowest BCUT2D eigenvalue weighted by atomic mass is 10.2. The second kappa shape index (κ2) is 7.87. The summed E-state index contributed by atoms with van der Waals surface area (Å²) in [5, 5.41) is 8.46. The van der Waals surface area contributed by atoms with Crippen LogP contribution in [-0.2, 0) is 20.5 Å². The van der Waals surface area contributed by atoms with Crippen LogP contribution in [0, 0.1) is 13.8 Å². The highest BCUT2D eigenvalue weighted by Gasteiger charge is 2.16. The standard InChI is InChI=1S/C13H18BrNO4S/c1-9-6-11(14)7-10(2)13(9)20(18)15(3)4-5-19-8-12(16)17/h6-7H,4-5,8H2,1-3H3,(H,16,17). The molecule has 1 rings (SSSR count). The van der Waals surface area contributed by atoms with E-state index in [0.717, 1.165) is 20.5 Å². The second-order valence-electron chi connectivity index (χ2n) is 4.42. The predicted octanol–water partition coefficient (Wildman–Crippen LogP) is 2.12. The number of carboxylic acid groups (broad SMARTS) is 1. The average molecular weight is 364 g/mol. The molecule has 0 aromatic heterocycles. The van der Waals surface area contributed by atoms with Crippen molar-refractivity contribution >= 4 is 32.9 Å². The van der Waals surface area contributed by atoms with Crippen molar-refractivity contribution in [1.82, 2.24) is 4.31 Å². The maximum Gasteiger partial charge on any atom is 0.329 e. The van der Waals surface area contributed by atoms with Crippen molar-refractivity contribution in [3.05, 3.63) is 27.7 Å². The summed E-state index contributed by atoms with van der Waals surface area (Å²) in [4.78, 5) is 11.1. The number of nitrogens with zero attached hydrogens (tertiary/aromatic N) is 1. The molecule has 0 spiro atoms. The van der Waals surface area contributed by atoms with Crippen LogP contribution in [0.1, 0.15) is 11.1 Å². The molecule has 5 nitrogen and oxygen atoms in total. The third-order valence-corrected chi connectivity index (χ3v) is 4.86. The molecule has 1 N–H and O–H groups in total. The Balaban J connectivity index is 2.68. The summed E-state index contributed by atoms with van der Waals surface area (Å²) in [6.07, 6.45) is 0. The van der Waals surface area contributed by atoms with Gasteiger partial charge in [-0.25, -0.2) is 13.3 Å². The van der Waals surface area contributed by atoms with Crippen LogP contribution in [0.4, 0.5) is 0 Å². The zero-order chi connectivity index (χ0) is 15.3. The lowest BCUT2D eigenvalue weighted by Gasteiger charge is -2.18. The van der Waals surface area contributed by atoms with Gasteiger partial charge in [-0.3, -0.25) is 0 Å². The van der Waals surface area contributed by atoms with Gasteiger partial charge in [-0.05, 0) is 37.1 Å². The van der Waals surface area contributed by atoms with Crippen LogP contribution < -0.4 is 0 Å². The van der Waals surface area contributed by atoms with Gasteiger partial charge < -0.3 is 9.84 Å². The van der Waals surface area contributed by atoms with Crippen molar-refractivity contribution in [1.29, 1.82) is 0 Å². The van der Waals surface area contributed by atoms with E-state index in [4.69, 9.17) is 9.84 Å². The van der Waals surface area contributed by atoms with Gasteiger partial charge in [0.25, 0.3) is 0 Å². The zero-order valence-electron chi connectivity index (χ0n) is 11.7. The second-order valence-corrected chi connectivity index (χ2v) is 6.86. The van der Waals surface area contributed by atoms with Gasteiger partial charge in [0.1, 0.15) is 17.6 Å². The van der Waals surface area contributed by atoms with Gasteiger partial charge in [-0.15, -0.1) is 0 Å². The van der Waals surface area contributed by atoms with Crippen molar-refractivity contribution in [2.24, 2.45) is 0 Å². The molecule has 0 bridgehead atoms. The number of carbonyl (C=O) groups is 1. The van der Waals surface area contributed by atoms with Crippen LogP contribution >= 0.6 is 15.9 Å². The summed E-state index contributed by atoms with van der Waals surface area (Å²) in [7, 11) is 0.435. The molecule has 1 unspecified atom stereocenters. The van der Waals surface area contributed by atoms with Gasteiger partial charge in [-0.1, -0.05) is 15.9 Å². The Bertz CT molecular complexity index is 498. The summed E-state index contributed by atoms with van der Waals surface area (Å²) >= 11 is 3.41. The van der Waals surface area contributed by atoms with Crippen LogP contribution in [0.3, 0.4) is 0 Å². The molecule has 0 saturated heterocycles. The highest BCUT2D eigenvalue weighted by atomic mass is 79.9. The Kier molecular flexibility index (Phi) is 6.81. The van der Waals surface area contributed by atoms with Gasteiger partial charge >= 0.3 is 5.97 Å². The smallest absolute Gasteiger partial charge is 0.329 e. The molecule has 0 aliphatic carbocycles. The Morgan fingerprint density at radius 1 is 1.40 bits per heavy atom. The number of aliphatic carboxylic acids is 1. The fourth-order valence-corrected chi connectivity index (χ4v) is 3.67. The number of carboxylic acids is 1. The summed E-state index contributed by atoms with van der Waals surface area (Å²) in [6, 6.07) is 3.85. The molecule has 0 fully saturated rings. The Morgan fingerprint density at radius 2 is 1.95 bits per heavy atom. The van der Waals surface area contributed by atoms with Gasteiger partial charge in [0.2, 0.25) is 0 Å². The molecule has 0 radical (unpaired) electrons. The number of rotatable bonds is 7. The number of hydrogen-bond acceptors (Lipinski definition) is 3. The van der Waals surface area contributed by atoms with Crippen LogP contribution in [0.15, 0.2) is 21.5 Å². The van der Waals surface area contributed by atoms with E-state index >= 15 is 0 Å². The van der Waals surface area contributed by atoms with Crippen LogP contribution in [0.25, 0.3) is 0 Å².